The molecule has 1 aromatic carbocycles. The van der Waals surface area contributed by atoms with Crippen molar-refractivity contribution < 1.29 is 23.5 Å². The lowest BCUT2D eigenvalue weighted by molar-refractivity contribution is -0.123. The van der Waals surface area contributed by atoms with Crippen molar-refractivity contribution in [3.05, 3.63) is 48.4 Å². The molecule has 0 saturated heterocycles. The van der Waals surface area contributed by atoms with Crippen molar-refractivity contribution in [2.75, 3.05) is 13.2 Å². The van der Waals surface area contributed by atoms with Gasteiger partial charge in [0.1, 0.15) is 11.5 Å². The molecule has 116 valence electrons. The Morgan fingerprint density at radius 3 is 2.32 bits per heavy atom. The van der Waals surface area contributed by atoms with Crippen molar-refractivity contribution in [1.29, 1.82) is 0 Å². The molecular weight excluding hydrogens is 288 g/mol. The van der Waals surface area contributed by atoms with Crippen LogP contribution in [0.2, 0.25) is 0 Å². The summed E-state index contributed by atoms with van der Waals surface area (Å²) in [7, 11) is 0. The quantitative estimate of drug-likeness (QED) is 0.790. The fourth-order valence-electron chi connectivity index (χ4n) is 1.58. The van der Waals surface area contributed by atoms with Crippen LogP contribution in [0.3, 0.4) is 0 Å². The van der Waals surface area contributed by atoms with E-state index in [4.69, 9.17) is 13.9 Å². The molecule has 2 amide bonds. The smallest absolute Gasteiger partial charge is 0.305 e. The number of amides is 2. The summed E-state index contributed by atoms with van der Waals surface area (Å²) in [6, 6.07) is 9.94. The van der Waals surface area contributed by atoms with Crippen LogP contribution in [0, 0.1) is 0 Å². The molecule has 1 heterocycles. The minimum atomic E-state index is -0.542. The van der Waals surface area contributed by atoms with Crippen molar-refractivity contribution in [1.82, 2.24) is 10.9 Å². The molecule has 2 aromatic rings. The topological polar surface area (TPSA) is 89.8 Å². The third-order valence-corrected chi connectivity index (χ3v) is 2.57. The largest absolute Gasteiger partial charge is 0.494 e. The van der Waals surface area contributed by atoms with Gasteiger partial charge in [0.05, 0.1) is 12.9 Å². The Morgan fingerprint density at radius 2 is 1.73 bits per heavy atom. The maximum atomic E-state index is 11.6. The van der Waals surface area contributed by atoms with Crippen LogP contribution in [0.4, 0.5) is 0 Å². The van der Waals surface area contributed by atoms with Crippen LogP contribution in [0.25, 0.3) is 0 Å². The third kappa shape index (κ3) is 4.55. The van der Waals surface area contributed by atoms with Crippen LogP contribution in [0.5, 0.6) is 11.5 Å². The normalized spacial score (nSPS) is 9.86. The Morgan fingerprint density at radius 1 is 1.05 bits per heavy atom. The predicted molar refractivity (Wildman–Crippen MR) is 77.4 cm³/mol. The minimum absolute atomic E-state index is 0.104. The molecule has 0 atom stereocenters. The molecule has 1 aromatic heterocycles. The van der Waals surface area contributed by atoms with Gasteiger partial charge in [0.15, 0.2) is 12.4 Å². The molecule has 0 radical (unpaired) electrons. The van der Waals surface area contributed by atoms with Gasteiger partial charge in [0, 0.05) is 0 Å². The van der Waals surface area contributed by atoms with Gasteiger partial charge in [0.25, 0.3) is 5.91 Å². The molecule has 0 aliphatic carbocycles. The highest BCUT2D eigenvalue weighted by Gasteiger charge is 2.09. The molecule has 0 aliphatic heterocycles. The molecular formula is C15H16N2O5. The molecule has 22 heavy (non-hydrogen) atoms. The third-order valence-electron chi connectivity index (χ3n) is 2.57. The first-order chi connectivity index (χ1) is 10.7. The second kappa shape index (κ2) is 7.72. The Hall–Kier alpha value is -2.96. The number of carbonyl (C=O) groups is 2. The van der Waals surface area contributed by atoms with Crippen LogP contribution < -0.4 is 20.3 Å². The van der Waals surface area contributed by atoms with Gasteiger partial charge in [0.2, 0.25) is 0 Å². The van der Waals surface area contributed by atoms with Crippen LogP contribution in [0.1, 0.15) is 17.5 Å². The van der Waals surface area contributed by atoms with E-state index in [2.05, 4.69) is 10.9 Å². The first kappa shape index (κ1) is 15.4. The van der Waals surface area contributed by atoms with Gasteiger partial charge in [-0.2, -0.15) is 0 Å². The number of hydrazine groups is 1. The second-order valence-corrected chi connectivity index (χ2v) is 4.17. The number of ether oxygens (including phenoxy) is 2. The van der Waals surface area contributed by atoms with E-state index < -0.39 is 11.8 Å². The molecule has 7 nitrogen and oxygen atoms in total. The summed E-state index contributed by atoms with van der Waals surface area (Å²) in [6.07, 6.45) is 1.37. The fraction of sp³-hybridized carbons (Fsp3) is 0.200. The highest BCUT2D eigenvalue weighted by Crippen LogP contribution is 2.17. The summed E-state index contributed by atoms with van der Waals surface area (Å²) < 4.78 is 15.5. The SMILES string of the molecule is CCOc1ccc(OCC(=O)NNC(=O)c2ccco2)cc1. The van der Waals surface area contributed by atoms with Crippen molar-refractivity contribution in [3.63, 3.8) is 0 Å². The van der Waals surface area contributed by atoms with Gasteiger partial charge in [-0.1, -0.05) is 0 Å². The van der Waals surface area contributed by atoms with Gasteiger partial charge in [-0.15, -0.1) is 0 Å². The molecule has 7 heteroatoms. The van der Waals surface area contributed by atoms with Crippen LogP contribution in [0.15, 0.2) is 47.1 Å². The first-order valence-corrected chi connectivity index (χ1v) is 6.67. The van der Waals surface area contributed by atoms with E-state index in [1.54, 1.807) is 30.3 Å². The summed E-state index contributed by atoms with van der Waals surface area (Å²) in [4.78, 5) is 23.1. The standard InChI is InChI=1S/C15H16N2O5/c1-2-20-11-5-7-12(8-6-11)22-10-14(18)16-17-15(19)13-4-3-9-21-13/h3-9H,2,10H2,1H3,(H,16,18)(H,17,19). The summed E-state index contributed by atoms with van der Waals surface area (Å²) in [5, 5.41) is 0. The summed E-state index contributed by atoms with van der Waals surface area (Å²) in [5.74, 6) is 0.321. The van der Waals surface area contributed by atoms with Gasteiger partial charge in [-0.05, 0) is 43.3 Å². The van der Waals surface area contributed by atoms with Gasteiger partial charge >= 0.3 is 5.91 Å². The van der Waals surface area contributed by atoms with Crippen molar-refractivity contribution >= 4 is 11.8 Å². The zero-order valence-corrected chi connectivity index (χ0v) is 12.0. The van der Waals surface area contributed by atoms with Crippen LogP contribution in [-0.4, -0.2) is 25.0 Å². The molecule has 0 aliphatic rings. The fourth-order valence-corrected chi connectivity index (χ4v) is 1.58. The second-order valence-electron chi connectivity index (χ2n) is 4.17. The van der Waals surface area contributed by atoms with E-state index in [-0.39, 0.29) is 12.4 Å². The average Bonchev–Trinajstić information content (AvgIpc) is 3.07. The lowest BCUT2D eigenvalue weighted by atomic mass is 10.3. The van der Waals surface area contributed by atoms with E-state index in [9.17, 15) is 9.59 Å². The van der Waals surface area contributed by atoms with Gasteiger partial charge in [-0.3, -0.25) is 20.4 Å². The van der Waals surface area contributed by atoms with Gasteiger partial charge < -0.3 is 13.9 Å². The van der Waals surface area contributed by atoms with Crippen molar-refractivity contribution in [2.45, 2.75) is 6.92 Å². The number of hydrogen-bond acceptors (Lipinski definition) is 5. The summed E-state index contributed by atoms with van der Waals surface area (Å²) >= 11 is 0. The molecule has 0 spiro atoms. The summed E-state index contributed by atoms with van der Waals surface area (Å²) in [6.45, 7) is 2.25. The Bertz CT molecular complexity index is 607. The average molecular weight is 304 g/mol. The maximum absolute atomic E-state index is 11.6. The number of hydrogen-bond donors (Lipinski definition) is 2. The number of furan rings is 1. The van der Waals surface area contributed by atoms with Crippen molar-refractivity contribution in [2.24, 2.45) is 0 Å². The lowest BCUT2D eigenvalue weighted by Gasteiger charge is -2.08. The van der Waals surface area contributed by atoms with E-state index in [0.29, 0.717) is 12.4 Å². The molecule has 0 bridgehead atoms. The van der Waals surface area contributed by atoms with E-state index in [1.807, 2.05) is 6.92 Å². The number of nitrogens with one attached hydrogen (secondary N) is 2. The highest BCUT2D eigenvalue weighted by atomic mass is 16.5. The first-order valence-electron chi connectivity index (χ1n) is 6.67. The lowest BCUT2D eigenvalue weighted by Crippen LogP contribution is -2.43. The Kier molecular flexibility index (Phi) is 5.42. The molecule has 0 saturated carbocycles. The molecule has 2 N–H and O–H groups in total. The van der Waals surface area contributed by atoms with E-state index in [0.717, 1.165) is 5.75 Å². The highest BCUT2D eigenvalue weighted by molar-refractivity contribution is 5.92. The summed E-state index contributed by atoms with van der Waals surface area (Å²) in [5.41, 5.74) is 4.44. The zero-order chi connectivity index (χ0) is 15.8. The monoisotopic (exact) mass is 304 g/mol. The maximum Gasteiger partial charge on any atom is 0.305 e. The number of carbonyl (C=O) groups excluding carboxylic acids is 2. The predicted octanol–water partition coefficient (Wildman–Crippen LogP) is 1.52. The molecule has 0 unspecified atom stereocenters. The molecule has 2 rings (SSSR count). The zero-order valence-electron chi connectivity index (χ0n) is 12.0. The van der Waals surface area contributed by atoms with E-state index in [1.165, 1.54) is 12.3 Å². The van der Waals surface area contributed by atoms with Crippen LogP contribution in [-0.2, 0) is 4.79 Å². The van der Waals surface area contributed by atoms with E-state index >= 15 is 0 Å². The Balaban J connectivity index is 1.72. The number of benzene rings is 1. The van der Waals surface area contributed by atoms with Gasteiger partial charge in [-0.25, -0.2) is 0 Å². The molecule has 0 fully saturated rings. The Labute approximate surface area is 127 Å². The number of rotatable bonds is 6. The van der Waals surface area contributed by atoms with Crippen LogP contribution >= 0.6 is 0 Å². The minimum Gasteiger partial charge on any atom is -0.494 e. The van der Waals surface area contributed by atoms with Crippen molar-refractivity contribution in [3.8, 4) is 11.5 Å².